The van der Waals surface area contributed by atoms with Crippen LogP contribution in [0.2, 0.25) is 0 Å². The number of benzene rings is 1. The number of fused-ring (bicyclic) bond motifs is 1. The summed E-state index contributed by atoms with van der Waals surface area (Å²) in [6.07, 6.45) is 2.13. The minimum Gasteiger partial charge on any atom is -0.463 e. The number of esters is 1. The number of nitrogens with one attached hydrogen (secondary N) is 1. The first-order chi connectivity index (χ1) is 14.9. The van der Waals surface area contributed by atoms with Crippen LogP contribution in [0.1, 0.15) is 37.2 Å². The molecule has 0 bridgehead atoms. The standard InChI is InChI=1S/C23H22N4O4/c1-14(2)27-21(10-11-24-27)26-22(28)15(3)31-23(29)17-13-19(20-9-6-12-30-20)25-18-8-5-4-7-16(17)18/h4-15H,1-3H3,(H,26,28)/t15-/m1/s1. The normalized spacial score (nSPS) is 12.1. The molecule has 0 radical (unpaired) electrons. The van der Waals surface area contributed by atoms with Gasteiger partial charge in [0, 0.05) is 17.5 Å². The lowest BCUT2D eigenvalue weighted by molar-refractivity contribution is -0.123. The first kappa shape index (κ1) is 20.3. The van der Waals surface area contributed by atoms with Gasteiger partial charge in [0.05, 0.1) is 23.5 Å². The predicted octanol–water partition coefficient (Wildman–Crippen LogP) is 4.46. The van der Waals surface area contributed by atoms with Gasteiger partial charge in [0.2, 0.25) is 0 Å². The molecule has 0 aliphatic heterocycles. The fourth-order valence-corrected chi connectivity index (χ4v) is 3.23. The van der Waals surface area contributed by atoms with Crippen molar-refractivity contribution in [3.63, 3.8) is 0 Å². The zero-order valence-corrected chi connectivity index (χ0v) is 17.4. The number of anilines is 1. The molecular formula is C23H22N4O4. The summed E-state index contributed by atoms with van der Waals surface area (Å²) < 4.78 is 12.6. The summed E-state index contributed by atoms with van der Waals surface area (Å²) in [6, 6.07) is 14.1. The molecule has 4 rings (SSSR count). The Bertz CT molecular complexity index is 1230. The van der Waals surface area contributed by atoms with Gasteiger partial charge in [-0.15, -0.1) is 0 Å². The molecule has 1 amide bonds. The van der Waals surface area contributed by atoms with Crippen LogP contribution in [0.5, 0.6) is 0 Å². The zero-order chi connectivity index (χ0) is 22.0. The molecule has 0 unspecified atom stereocenters. The number of carbonyl (C=O) groups excluding carboxylic acids is 2. The number of rotatable bonds is 6. The van der Waals surface area contributed by atoms with E-state index in [1.54, 1.807) is 47.5 Å². The number of pyridine rings is 1. The van der Waals surface area contributed by atoms with Gasteiger partial charge in [0.15, 0.2) is 11.9 Å². The first-order valence-electron chi connectivity index (χ1n) is 9.93. The Morgan fingerprint density at radius 1 is 1.10 bits per heavy atom. The second-order valence-corrected chi connectivity index (χ2v) is 7.34. The maximum absolute atomic E-state index is 13.0. The zero-order valence-electron chi connectivity index (χ0n) is 17.4. The minimum atomic E-state index is -1.01. The maximum atomic E-state index is 13.0. The third kappa shape index (κ3) is 4.18. The largest absolute Gasteiger partial charge is 0.463 e. The Morgan fingerprint density at radius 2 is 1.90 bits per heavy atom. The molecule has 4 aromatic rings. The van der Waals surface area contributed by atoms with Crippen LogP contribution in [0.4, 0.5) is 5.82 Å². The number of nitrogens with zero attached hydrogens (tertiary/aromatic N) is 3. The van der Waals surface area contributed by atoms with Crippen molar-refractivity contribution in [2.45, 2.75) is 32.9 Å². The van der Waals surface area contributed by atoms with Gasteiger partial charge in [-0.3, -0.25) is 4.79 Å². The number of hydrogen-bond acceptors (Lipinski definition) is 6. The Kier molecular flexibility index (Phi) is 5.53. The highest BCUT2D eigenvalue weighted by molar-refractivity contribution is 6.05. The van der Waals surface area contributed by atoms with Crippen molar-refractivity contribution in [3.8, 4) is 11.5 Å². The first-order valence-corrected chi connectivity index (χ1v) is 9.93. The van der Waals surface area contributed by atoms with Crippen LogP contribution in [0.25, 0.3) is 22.4 Å². The maximum Gasteiger partial charge on any atom is 0.339 e. The van der Waals surface area contributed by atoms with E-state index >= 15 is 0 Å². The van der Waals surface area contributed by atoms with Crippen LogP contribution in [0.3, 0.4) is 0 Å². The molecule has 8 nitrogen and oxygen atoms in total. The van der Waals surface area contributed by atoms with Crippen LogP contribution in [0.15, 0.2) is 65.4 Å². The SMILES string of the molecule is CC(C)n1nccc1NC(=O)[C@@H](C)OC(=O)c1cc(-c2ccco2)nc2ccccc12. The van der Waals surface area contributed by atoms with Crippen LogP contribution in [0, 0.1) is 0 Å². The number of ether oxygens (including phenoxy) is 1. The highest BCUT2D eigenvalue weighted by Gasteiger charge is 2.23. The Morgan fingerprint density at radius 3 is 2.65 bits per heavy atom. The van der Waals surface area contributed by atoms with Crippen LogP contribution in [-0.2, 0) is 9.53 Å². The molecule has 1 atom stereocenters. The van der Waals surface area contributed by atoms with Crippen molar-refractivity contribution in [1.29, 1.82) is 0 Å². The van der Waals surface area contributed by atoms with Gasteiger partial charge in [-0.05, 0) is 45.0 Å². The summed E-state index contributed by atoms with van der Waals surface area (Å²) in [5.41, 5.74) is 1.44. The van der Waals surface area contributed by atoms with Crippen molar-refractivity contribution in [3.05, 3.63) is 66.6 Å². The van der Waals surface area contributed by atoms with Gasteiger partial charge in [-0.2, -0.15) is 5.10 Å². The smallest absolute Gasteiger partial charge is 0.339 e. The molecule has 0 saturated heterocycles. The van der Waals surface area contributed by atoms with Gasteiger partial charge in [-0.25, -0.2) is 14.5 Å². The minimum absolute atomic E-state index is 0.0753. The molecule has 0 fully saturated rings. The van der Waals surface area contributed by atoms with E-state index in [9.17, 15) is 9.59 Å². The molecule has 0 saturated carbocycles. The van der Waals surface area contributed by atoms with E-state index in [2.05, 4.69) is 15.4 Å². The van der Waals surface area contributed by atoms with Crippen molar-refractivity contribution < 1.29 is 18.7 Å². The van der Waals surface area contributed by atoms with Gasteiger partial charge in [0.25, 0.3) is 5.91 Å². The molecule has 8 heteroatoms. The number of para-hydroxylation sites is 1. The summed E-state index contributed by atoms with van der Waals surface area (Å²) >= 11 is 0. The number of hydrogen-bond donors (Lipinski definition) is 1. The summed E-state index contributed by atoms with van der Waals surface area (Å²) in [6.45, 7) is 5.44. The molecule has 0 aliphatic carbocycles. The van der Waals surface area contributed by atoms with Crippen molar-refractivity contribution in [2.24, 2.45) is 0 Å². The highest BCUT2D eigenvalue weighted by atomic mass is 16.5. The molecule has 0 aliphatic rings. The van der Waals surface area contributed by atoms with E-state index in [1.807, 2.05) is 32.0 Å². The quantitative estimate of drug-likeness (QED) is 0.464. The van der Waals surface area contributed by atoms with Crippen LogP contribution < -0.4 is 5.32 Å². The molecule has 3 heterocycles. The number of furan rings is 1. The van der Waals surface area contributed by atoms with Gasteiger partial charge < -0.3 is 14.5 Å². The number of amides is 1. The van der Waals surface area contributed by atoms with E-state index in [0.29, 0.717) is 33.7 Å². The second-order valence-electron chi connectivity index (χ2n) is 7.34. The van der Waals surface area contributed by atoms with E-state index in [-0.39, 0.29) is 6.04 Å². The van der Waals surface area contributed by atoms with Crippen molar-refractivity contribution >= 4 is 28.6 Å². The molecule has 1 N–H and O–H groups in total. The lowest BCUT2D eigenvalue weighted by Gasteiger charge is -2.16. The summed E-state index contributed by atoms with van der Waals surface area (Å²) in [5.74, 6) is 0.0108. The van der Waals surface area contributed by atoms with E-state index < -0.39 is 18.0 Å². The fraction of sp³-hybridized carbons (Fsp3) is 0.217. The van der Waals surface area contributed by atoms with E-state index in [4.69, 9.17) is 9.15 Å². The lowest BCUT2D eigenvalue weighted by atomic mass is 10.1. The Hall–Kier alpha value is -3.94. The van der Waals surface area contributed by atoms with Crippen LogP contribution in [-0.4, -0.2) is 32.7 Å². The molecular weight excluding hydrogens is 396 g/mol. The summed E-state index contributed by atoms with van der Waals surface area (Å²) in [7, 11) is 0. The third-order valence-electron chi connectivity index (χ3n) is 4.77. The van der Waals surface area contributed by atoms with Crippen molar-refractivity contribution in [2.75, 3.05) is 5.32 Å². The Balaban J connectivity index is 1.58. The van der Waals surface area contributed by atoms with Gasteiger partial charge in [-0.1, -0.05) is 18.2 Å². The lowest BCUT2D eigenvalue weighted by Crippen LogP contribution is -2.31. The monoisotopic (exact) mass is 418 g/mol. The molecule has 31 heavy (non-hydrogen) atoms. The molecule has 158 valence electrons. The third-order valence-corrected chi connectivity index (χ3v) is 4.77. The van der Waals surface area contributed by atoms with Crippen LogP contribution >= 0.6 is 0 Å². The summed E-state index contributed by atoms with van der Waals surface area (Å²) in [5, 5.41) is 7.57. The second kappa shape index (κ2) is 8.43. The molecule has 0 spiro atoms. The number of aromatic nitrogens is 3. The fourth-order valence-electron chi connectivity index (χ4n) is 3.23. The molecule has 3 aromatic heterocycles. The highest BCUT2D eigenvalue weighted by Crippen LogP contribution is 2.26. The Labute approximate surface area is 178 Å². The van der Waals surface area contributed by atoms with E-state index in [1.165, 1.54) is 6.92 Å². The summed E-state index contributed by atoms with van der Waals surface area (Å²) in [4.78, 5) is 30.2. The molecule has 1 aromatic carbocycles. The average molecular weight is 418 g/mol. The predicted molar refractivity (Wildman–Crippen MR) is 116 cm³/mol. The number of carbonyl (C=O) groups is 2. The topological polar surface area (TPSA) is 99.2 Å². The van der Waals surface area contributed by atoms with E-state index in [0.717, 1.165) is 0 Å². The average Bonchev–Trinajstić information content (AvgIpc) is 3.45. The van der Waals surface area contributed by atoms with Crippen molar-refractivity contribution in [1.82, 2.24) is 14.8 Å². The van der Waals surface area contributed by atoms with Gasteiger partial charge in [0.1, 0.15) is 11.5 Å². The van der Waals surface area contributed by atoms with Gasteiger partial charge >= 0.3 is 5.97 Å².